The van der Waals surface area contributed by atoms with Crippen molar-refractivity contribution < 1.29 is 9.84 Å². The molecule has 0 amide bonds. The highest BCUT2D eigenvalue weighted by Crippen LogP contribution is 2.21. The first-order valence-corrected chi connectivity index (χ1v) is 6.28. The molecule has 0 aromatic heterocycles. The van der Waals surface area contributed by atoms with E-state index in [1.165, 1.54) is 0 Å². The van der Waals surface area contributed by atoms with Crippen LogP contribution in [0, 0.1) is 0 Å². The van der Waals surface area contributed by atoms with Crippen molar-refractivity contribution in [2.45, 2.75) is 25.9 Å². The van der Waals surface area contributed by atoms with Gasteiger partial charge < -0.3 is 9.84 Å². The number of hydrogen-bond donors (Lipinski definition) is 1. The van der Waals surface area contributed by atoms with Crippen molar-refractivity contribution in [2.75, 3.05) is 0 Å². The molecule has 0 radical (unpaired) electrons. The van der Waals surface area contributed by atoms with Crippen molar-refractivity contribution in [3.05, 3.63) is 60.2 Å². The normalized spacial score (nSPS) is 12.1. The van der Waals surface area contributed by atoms with E-state index in [2.05, 4.69) is 0 Å². The fraction of sp³-hybridized carbons (Fsp3) is 0.250. The zero-order chi connectivity index (χ0) is 12.8. The topological polar surface area (TPSA) is 29.5 Å². The predicted molar refractivity (Wildman–Crippen MR) is 73.0 cm³/mol. The van der Waals surface area contributed by atoms with Crippen molar-refractivity contribution in [1.82, 2.24) is 0 Å². The SMILES string of the molecule is CCC(O)Cc1ccc(Oc2ccccc2)cc1. The Labute approximate surface area is 108 Å². The number of rotatable bonds is 5. The molecule has 0 spiro atoms. The molecular formula is C16H18O2. The number of benzene rings is 2. The second-order valence-electron chi connectivity index (χ2n) is 4.33. The summed E-state index contributed by atoms with van der Waals surface area (Å²) in [5.74, 6) is 1.65. The first kappa shape index (κ1) is 12.7. The van der Waals surface area contributed by atoms with Crippen LogP contribution in [0.15, 0.2) is 54.6 Å². The van der Waals surface area contributed by atoms with Crippen LogP contribution in [0.4, 0.5) is 0 Å². The van der Waals surface area contributed by atoms with Crippen LogP contribution in [0.5, 0.6) is 11.5 Å². The smallest absolute Gasteiger partial charge is 0.127 e. The van der Waals surface area contributed by atoms with Crippen LogP contribution in [-0.4, -0.2) is 11.2 Å². The average Bonchev–Trinajstić information content (AvgIpc) is 2.42. The van der Waals surface area contributed by atoms with Crippen LogP contribution in [-0.2, 0) is 6.42 Å². The lowest BCUT2D eigenvalue weighted by Gasteiger charge is -2.09. The standard InChI is InChI=1S/C16H18O2/c1-2-14(17)12-13-8-10-16(11-9-13)18-15-6-4-3-5-7-15/h3-11,14,17H,2,12H2,1H3. The van der Waals surface area contributed by atoms with Crippen LogP contribution in [0.1, 0.15) is 18.9 Å². The molecule has 2 aromatic rings. The molecular weight excluding hydrogens is 224 g/mol. The summed E-state index contributed by atoms with van der Waals surface area (Å²) in [6.07, 6.45) is 1.22. The van der Waals surface area contributed by atoms with Gasteiger partial charge in [0.25, 0.3) is 0 Å². The van der Waals surface area contributed by atoms with E-state index in [0.29, 0.717) is 6.42 Å². The lowest BCUT2D eigenvalue weighted by molar-refractivity contribution is 0.171. The van der Waals surface area contributed by atoms with Gasteiger partial charge in [-0.05, 0) is 42.7 Å². The molecule has 0 aliphatic carbocycles. The van der Waals surface area contributed by atoms with Crippen molar-refractivity contribution in [3.63, 3.8) is 0 Å². The minimum atomic E-state index is -0.258. The fourth-order valence-electron chi connectivity index (χ4n) is 1.73. The summed E-state index contributed by atoms with van der Waals surface area (Å²) in [5, 5.41) is 9.58. The van der Waals surface area contributed by atoms with E-state index in [1.807, 2.05) is 61.5 Å². The van der Waals surface area contributed by atoms with E-state index in [-0.39, 0.29) is 6.10 Å². The Balaban J connectivity index is 2.00. The Bertz CT molecular complexity index is 462. The van der Waals surface area contributed by atoms with Crippen molar-refractivity contribution in [3.8, 4) is 11.5 Å². The molecule has 0 fully saturated rings. The van der Waals surface area contributed by atoms with Crippen LogP contribution in [0.25, 0.3) is 0 Å². The van der Waals surface area contributed by atoms with E-state index in [9.17, 15) is 5.11 Å². The molecule has 2 rings (SSSR count). The van der Waals surface area contributed by atoms with Gasteiger partial charge >= 0.3 is 0 Å². The van der Waals surface area contributed by atoms with E-state index in [4.69, 9.17) is 4.74 Å². The van der Waals surface area contributed by atoms with E-state index in [1.54, 1.807) is 0 Å². The molecule has 2 nitrogen and oxygen atoms in total. The lowest BCUT2D eigenvalue weighted by Crippen LogP contribution is -2.07. The Kier molecular flexibility index (Phi) is 4.37. The minimum absolute atomic E-state index is 0.258. The van der Waals surface area contributed by atoms with Gasteiger partial charge in [-0.2, -0.15) is 0 Å². The molecule has 94 valence electrons. The maximum absolute atomic E-state index is 9.58. The maximum atomic E-state index is 9.58. The molecule has 0 heterocycles. The van der Waals surface area contributed by atoms with Gasteiger partial charge in [0.15, 0.2) is 0 Å². The van der Waals surface area contributed by atoms with Gasteiger partial charge in [-0.25, -0.2) is 0 Å². The van der Waals surface area contributed by atoms with Crippen LogP contribution in [0.3, 0.4) is 0 Å². The molecule has 2 heteroatoms. The molecule has 2 aromatic carbocycles. The third-order valence-electron chi connectivity index (χ3n) is 2.84. The van der Waals surface area contributed by atoms with Gasteiger partial charge in [0, 0.05) is 0 Å². The summed E-state index contributed by atoms with van der Waals surface area (Å²) in [6, 6.07) is 17.6. The molecule has 0 aliphatic heterocycles. The Morgan fingerprint density at radius 2 is 1.56 bits per heavy atom. The zero-order valence-corrected chi connectivity index (χ0v) is 10.5. The van der Waals surface area contributed by atoms with Crippen molar-refractivity contribution >= 4 is 0 Å². The predicted octanol–water partition coefficient (Wildman–Crippen LogP) is 3.79. The summed E-state index contributed by atoms with van der Waals surface area (Å²) in [4.78, 5) is 0. The summed E-state index contributed by atoms with van der Waals surface area (Å²) in [7, 11) is 0. The maximum Gasteiger partial charge on any atom is 0.127 e. The number of ether oxygens (including phenoxy) is 1. The lowest BCUT2D eigenvalue weighted by atomic mass is 10.1. The molecule has 1 atom stereocenters. The van der Waals surface area contributed by atoms with Gasteiger partial charge in [0.2, 0.25) is 0 Å². The summed E-state index contributed by atoms with van der Waals surface area (Å²) < 4.78 is 5.70. The summed E-state index contributed by atoms with van der Waals surface area (Å²) in [5.41, 5.74) is 1.13. The largest absolute Gasteiger partial charge is 0.457 e. The molecule has 0 saturated carbocycles. The monoisotopic (exact) mass is 242 g/mol. The average molecular weight is 242 g/mol. The highest BCUT2D eigenvalue weighted by atomic mass is 16.5. The van der Waals surface area contributed by atoms with Gasteiger partial charge in [-0.1, -0.05) is 37.3 Å². The van der Waals surface area contributed by atoms with Gasteiger partial charge in [0.1, 0.15) is 11.5 Å². The highest BCUT2D eigenvalue weighted by Gasteiger charge is 2.03. The van der Waals surface area contributed by atoms with E-state index in [0.717, 1.165) is 23.5 Å². The molecule has 0 saturated heterocycles. The fourth-order valence-corrected chi connectivity index (χ4v) is 1.73. The van der Waals surface area contributed by atoms with E-state index < -0.39 is 0 Å². The quantitative estimate of drug-likeness (QED) is 0.864. The minimum Gasteiger partial charge on any atom is -0.457 e. The first-order chi connectivity index (χ1) is 8.78. The van der Waals surface area contributed by atoms with Gasteiger partial charge in [-0.15, -0.1) is 0 Å². The van der Waals surface area contributed by atoms with Crippen LogP contribution < -0.4 is 4.74 Å². The summed E-state index contributed by atoms with van der Waals surface area (Å²) in [6.45, 7) is 1.98. The molecule has 0 bridgehead atoms. The Morgan fingerprint density at radius 3 is 2.17 bits per heavy atom. The number of para-hydroxylation sites is 1. The highest BCUT2D eigenvalue weighted by molar-refractivity contribution is 5.33. The van der Waals surface area contributed by atoms with Crippen molar-refractivity contribution in [2.24, 2.45) is 0 Å². The number of aliphatic hydroxyl groups is 1. The van der Waals surface area contributed by atoms with Crippen LogP contribution >= 0.6 is 0 Å². The summed E-state index contributed by atoms with van der Waals surface area (Å²) >= 11 is 0. The van der Waals surface area contributed by atoms with Gasteiger partial charge in [-0.3, -0.25) is 0 Å². The first-order valence-electron chi connectivity index (χ1n) is 6.28. The molecule has 18 heavy (non-hydrogen) atoms. The second-order valence-corrected chi connectivity index (χ2v) is 4.33. The molecule has 1 N–H and O–H groups in total. The second kappa shape index (κ2) is 6.22. The Morgan fingerprint density at radius 1 is 0.944 bits per heavy atom. The van der Waals surface area contributed by atoms with Crippen LogP contribution in [0.2, 0.25) is 0 Å². The van der Waals surface area contributed by atoms with E-state index >= 15 is 0 Å². The van der Waals surface area contributed by atoms with Gasteiger partial charge in [0.05, 0.1) is 6.10 Å². The van der Waals surface area contributed by atoms with Crippen molar-refractivity contribution in [1.29, 1.82) is 0 Å². The number of hydrogen-bond acceptors (Lipinski definition) is 2. The third-order valence-corrected chi connectivity index (χ3v) is 2.84. The number of aliphatic hydroxyl groups excluding tert-OH is 1. The Hall–Kier alpha value is -1.80. The molecule has 0 aliphatic rings. The molecule has 1 unspecified atom stereocenters. The zero-order valence-electron chi connectivity index (χ0n) is 10.5. The third kappa shape index (κ3) is 3.60.